The molecule has 1 aliphatic carbocycles. The molecule has 2 N–H and O–H groups in total. The molecule has 0 radical (unpaired) electrons. The molecule has 0 saturated heterocycles. The van der Waals surface area contributed by atoms with Crippen molar-refractivity contribution >= 4 is 0 Å². The second-order valence-corrected chi connectivity index (χ2v) is 4.88. The summed E-state index contributed by atoms with van der Waals surface area (Å²) in [5, 5.41) is 12.9. The molecule has 0 aliphatic heterocycles. The lowest BCUT2D eigenvalue weighted by Crippen LogP contribution is -2.41. The summed E-state index contributed by atoms with van der Waals surface area (Å²) >= 11 is 0. The van der Waals surface area contributed by atoms with Gasteiger partial charge in [0, 0.05) is 18.8 Å². The smallest absolute Gasteiger partial charge is 0.392 e. The molecular weight excluding hydrogens is 257 g/mol. The van der Waals surface area contributed by atoms with Gasteiger partial charge in [-0.3, -0.25) is 4.98 Å². The van der Waals surface area contributed by atoms with Gasteiger partial charge in [0.05, 0.1) is 17.4 Å². The van der Waals surface area contributed by atoms with Crippen LogP contribution in [0.15, 0.2) is 18.3 Å². The van der Waals surface area contributed by atoms with E-state index >= 15 is 0 Å². The standard InChI is InChI=1S/C13H17F3N2O/c14-13(15,16)9-5-6-10(17-7-9)8-18-11-3-1-2-4-12(11)19/h5-7,11-12,18-19H,1-4,8H2/t11-,12-/m1/s1. The van der Waals surface area contributed by atoms with E-state index in [4.69, 9.17) is 0 Å². The summed E-state index contributed by atoms with van der Waals surface area (Å²) in [5.41, 5.74) is -0.195. The zero-order valence-corrected chi connectivity index (χ0v) is 10.5. The lowest BCUT2D eigenvalue weighted by molar-refractivity contribution is -0.137. The van der Waals surface area contributed by atoms with Crippen molar-refractivity contribution in [2.24, 2.45) is 0 Å². The predicted octanol–water partition coefficient (Wildman–Crippen LogP) is 2.49. The van der Waals surface area contributed by atoms with E-state index in [1.165, 1.54) is 6.07 Å². The number of aromatic nitrogens is 1. The van der Waals surface area contributed by atoms with Crippen LogP contribution in [0.1, 0.15) is 36.9 Å². The largest absolute Gasteiger partial charge is 0.417 e. The monoisotopic (exact) mass is 274 g/mol. The molecule has 1 aromatic rings. The molecule has 0 aromatic carbocycles. The molecule has 1 saturated carbocycles. The van der Waals surface area contributed by atoms with Crippen LogP contribution in [0.5, 0.6) is 0 Å². The second kappa shape index (κ2) is 5.88. The fourth-order valence-electron chi connectivity index (χ4n) is 2.28. The van der Waals surface area contributed by atoms with Gasteiger partial charge in [-0.1, -0.05) is 12.8 Å². The molecule has 0 unspecified atom stereocenters. The van der Waals surface area contributed by atoms with E-state index in [1.54, 1.807) is 0 Å². The maximum atomic E-state index is 12.4. The van der Waals surface area contributed by atoms with Gasteiger partial charge in [0.1, 0.15) is 0 Å². The highest BCUT2D eigenvalue weighted by atomic mass is 19.4. The van der Waals surface area contributed by atoms with Crippen LogP contribution < -0.4 is 5.32 Å². The lowest BCUT2D eigenvalue weighted by Gasteiger charge is -2.28. The van der Waals surface area contributed by atoms with Gasteiger partial charge in [0.25, 0.3) is 0 Å². The molecule has 0 amide bonds. The van der Waals surface area contributed by atoms with E-state index in [0.717, 1.165) is 37.9 Å². The van der Waals surface area contributed by atoms with Crippen molar-refractivity contribution in [3.05, 3.63) is 29.6 Å². The number of alkyl halides is 3. The first-order chi connectivity index (χ1) is 8.97. The Bertz CT molecular complexity index is 405. The summed E-state index contributed by atoms with van der Waals surface area (Å²) in [4.78, 5) is 3.79. The van der Waals surface area contributed by atoms with E-state index in [2.05, 4.69) is 10.3 Å². The van der Waals surface area contributed by atoms with Crippen molar-refractivity contribution in [2.75, 3.05) is 0 Å². The summed E-state index contributed by atoms with van der Waals surface area (Å²) in [6, 6.07) is 2.41. The van der Waals surface area contributed by atoms with Crippen LogP contribution in [-0.4, -0.2) is 22.2 Å². The zero-order chi connectivity index (χ0) is 13.9. The highest BCUT2D eigenvalue weighted by Crippen LogP contribution is 2.28. The van der Waals surface area contributed by atoms with Gasteiger partial charge in [-0.15, -0.1) is 0 Å². The van der Waals surface area contributed by atoms with Crippen LogP contribution in [0.3, 0.4) is 0 Å². The molecule has 1 aromatic heterocycles. The first-order valence-electron chi connectivity index (χ1n) is 6.40. The number of nitrogens with zero attached hydrogens (tertiary/aromatic N) is 1. The van der Waals surface area contributed by atoms with Crippen molar-refractivity contribution in [3.8, 4) is 0 Å². The summed E-state index contributed by atoms with van der Waals surface area (Å²) in [5.74, 6) is 0. The molecule has 1 aliphatic rings. The van der Waals surface area contributed by atoms with Crippen LogP contribution in [0.4, 0.5) is 13.2 Å². The molecule has 6 heteroatoms. The third-order valence-electron chi connectivity index (χ3n) is 3.43. The van der Waals surface area contributed by atoms with Gasteiger partial charge in [0.15, 0.2) is 0 Å². The second-order valence-electron chi connectivity index (χ2n) is 4.88. The highest BCUT2D eigenvalue weighted by Gasteiger charge is 2.30. The first kappa shape index (κ1) is 14.3. The summed E-state index contributed by atoms with van der Waals surface area (Å²) in [6.07, 6.45) is -0.122. The molecule has 1 fully saturated rings. The number of pyridine rings is 1. The maximum Gasteiger partial charge on any atom is 0.417 e. The third kappa shape index (κ3) is 3.91. The van der Waals surface area contributed by atoms with E-state index in [-0.39, 0.29) is 12.1 Å². The highest BCUT2D eigenvalue weighted by molar-refractivity contribution is 5.16. The van der Waals surface area contributed by atoms with Crippen LogP contribution in [0.25, 0.3) is 0 Å². The van der Waals surface area contributed by atoms with E-state index in [0.29, 0.717) is 12.2 Å². The van der Waals surface area contributed by atoms with Crippen molar-refractivity contribution in [2.45, 2.75) is 50.6 Å². The Kier molecular flexibility index (Phi) is 4.42. The van der Waals surface area contributed by atoms with Crippen LogP contribution in [0, 0.1) is 0 Å². The van der Waals surface area contributed by atoms with Crippen LogP contribution in [0.2, 0.25) is 0 Å². The van der Waals surface area contributed by atoms with Gasteiger partial charge in [-0.05, 0) is 25.0 Å². The fourth-order valence-corrected chi connectivity index (χ4v) is 2.28. The number of nitrogens with one attached hydrogen (secondary N) is 1. The quantitative estimate of drug-likeness (QED) is 0.890. The van der Waals surface area contributed by atoms with E-state index < -0.39 is 11.7 Å². The minimum atomic E-state index is -4.35. The van der Waals surface area contributed by atoms with E-state index in [1.807, 2.05) is 0 Å². The molecule has 2 atom stereocenters. The minimum absolute atomic E-state index is 0.0119. The third-order valence-corrected chi connectivity index (χ3v) is 3.43. The Morgan fingerprint density at radius 1 is 1.26 bits per heavy atom. The number of rotatable bonds is 3. The number of aliphatic hydroxyl groups is 1. The van der Waals surface area contributed by atoms with Crippen molar-refractivity contribution in [1.82, 2.24) is 10.3 Å². The predicted molar refractivity (Wildman–Crippen MR) is 64.3 cm³/mol. The van der Waals surface area contributed by atoms with Gasteiger partial charge in [-0.25, -0.2) is 0 Å². The van der Waals surface area contributed by atoms with Gasteiger partial charge in [-0.2, -0.15) is 13.2 Å². The number of aliphatic hydroxyl groups excluding tert-OH is 1. The zero-order valence-electron chi connectivity index (χ0n) is 10.5. The molecule has 0 bridgehead atoms. The molecular formula is C13H17F3N2O. The average Bonchev–Trinajstić information content (AvgIpc) is 2.37. The molecule has 19 heavy (non-hydrogen) atoms. The molecule has 0 spiro atoms. The number of halogens is 3. The maximum absolute atomic E-state index is 12.4. The Balaban J connectivity index is 1.89. The van der Waals surface area contributed by atoms with Crippen LogP contribution >= 0.6 is 0 Å². The Labute approximate surface area is 109 Å². The minimum Gasteiger partial charge on any atom is -0.392 e. The van der Waals surface area contributed by atoms with Crippen LogP contribution in [-0.2, 0) is 12.7 Å². The Hall–Kier alpha value is -1.14. The summed E-state index contributed by atoms with van der Waals surface area (Å²) in [6.45, 7) is 0.375. The molecule has 106 valence electrons. The van der Waals surface area contributed by atoms with Crippen molar-refractivity contribution in [1.29, 1.82) is 0 Å². The Morgan fingerprint density at radius 2 is 2.00 bits per heavy atom. The number of hydrogen-bond donors (Lipinski definition) is 2. The Morgan fingerprint density at radius 3 is 2.58 bits per heavy atom. The van der Waals surface area contributed by atoms with Gasteiger partial charge < -0.3 is 10.4 Å². The fraction of sp³-hybridized carbons (Fsp3) is 0.615. The van der Waals surface area contributed by atoms with Gasteiger partial charge in [0.2, 0.25) is 0 Å². The van der Waals surface area contributed by atoms with Crippen molar-refractivity contribution in [3.63, 3.8) is 0 Å². The van der Waals surface area contributed by atoms with Gasteiger partial charge >= 0.3 is 6.18 Å². The SMILES string of the molecule is O[C@@H]1CCCC[C@H]1NCc1ccc(C(F)(F)F)cn1. The molecule has 1 heterocycles. The summed E-state index contributed by atoms with van der Waals surface area (Å²) in [7, 11) is 0. The molecule has 2 rings (SSSR count). The van der Waals surface area contributed by atoms with E-state index in [9.17, 15) is 18.3 Å². The summed E-state index contributed by atoms with van der Waals surface area (Å²) < 4.78 is 37.1. The first-order valence-corrected chi connectivity index (χ1v) is 6.40. The van der Waals surface area contributed by atoms with Crippen molar-refractivity contribution < 1.29 is 18.3 Å². The topological polar surface area (TPSA) is 45.1 Å². The normalized spacial score (nSPS) is 24.4. The molecule has 3 nitrogen and oxygen atoms in total. The lowest BCUT2D eigenvalue weighted by atomic mass is 9.92. The average molecular weight is 274 g/mol. The number of hydrogen-bond acceptors (Lipinski definition) is 3.